The molecular formula is C22H25NO2. The van der Waals surface area contributed by atoms with E-state index in [1.165, 1.54) is 6.42 Å². The van der Waals surface area contributed by atoms with Gasteiger partial charge in [0.1, 0.15) is 0 Å². The molecule has 2 aromatic carbocycles. The van der Waals surface area contributed by atoms with Gasteiger partial charge in [-0.1, -0.05) is 61.0 Å². The molecular weight excluding hydrogens is 310 g/mol. The summed E-state index contributed by atoms with van der Waals surface area (Å²) in [6.07, 6.45) is 3.56. The second-order valence-electron chi connectivity index (χ2n) is 7.21. The van der Waals surface area contributed by atoms with Gasteiger partial charge in [-0.3, -0.25) is 14.5 Å². The molecule has 0 atom stereocenters. The lowest BCUT2D eigenvalue weighted by Gasteiger charge is -2.39. The summed E-state index contributed by atoms with van der Waals surface area (Å²) in [5.41, 5.74) is 1.43. The van der Waals surface area contributed by atoms with Crippen LogP contribution in [0.2, 0.25) is 0 Å². The predicted molar refractivity (Wildman–Crippen MR) is 100 cm³/mol. The maximum Gasteiger partial charge on any atom is 0.193 e. The van der Waals surface area contributed by atoms with Gasteiger partial charge in [0.15, 0.2) is 11.6 Å². The third kappa shape index (κ3) is 3.72. The van der Waals surface area contributed by atoms with Crippen molar-refractivity contribution in [2.75, 3.05) is 13.1 Å². The number of nitrogens with zero attached hydrogens (tertiary/aromatic N) is 1. The minimum atomic E-state index is -0.509. The predicted octanol–water partition coefficient (Wildman–Crippen LogP) is 4.36. The highest BCUT2D eigenvalue weighted by molar-refractivity contribution is 6.10. The number of piperidine rings is 1. The van der Waals surface area contributed by atoms with E-state index >= 15 is 0 Å². The number of rotatable bonds is 5. The van der Waals surface area contributed by atoms with E-state index in [1.807, 2.05) is 32.0 Å². The van der Waals surface area contributed by atoms with Gasteiger partial charge in [-0.15, -0.1) is 0 Å². The zero-order valence-corrected chi connectivity index (χ0v) is 15.0. The lowest BCUT2D eigenvalue weighted by molar-refractivity contribution is 0.0579. The van der Waals surface area contributed by atoms with Crippen LogP contribution in [0.25, 0.3) is 0 Å². The van der Waals surface area contributed by atoms with Crippen LogP contribution in [0.5, 0.6) is 0 Å². The zero-order chi connectivity index (χ0) is 17.9. The van der Waals surface area contributed by atoms with Gasteiger partial charge in [-0.05, 0) is 39.8 Å². The summed E-state index contributed by atoms with van der Waals surface area (Å²) in [5, 5.41) is 0. The molecule has 0 aliphatic carbocycles. The first-order valence-corrected chi connectivity index (χ1v) is 9.00. The quantitative estimate of drug-likeness (QED) is 0.762. The third-order valence-corrected chi connectivity index (χ3v) is 5.15. The zero-order valence-electron chi connectivity index (χ0n) is 15.0. The number of carbonyl (C=O) groups is 2. The van der Waals surface area contributed by atoms with Crippen LogP contribution in [0.4, 0.5) is 0 Å². The molecule has 3 heteroatoms. The maximum absolute atomic E-state index is 13.0. The average Bonchev–Trinajstić information content (AvgIpc) is 2.68. The second-order valence-corrected chi connectivity index (χ2v) is 7.21. The largest absolute Gasteiger partial charge is 0.292 e. The Morgan fingerprint density at radius 2 is 1.28 bits per heavy atom. The minimum Gasteiger partial charge on any atom is -0.292 e. The van der Waals surface area contributed by atoms with Crippen molar-refractivity contribution in [3.63, 3.8) is 0 Å². The number of ketones is 2. The van der Waals surface area contributed by atoms with E-state index in [1.54, 1.807) is 36.4 Å². The Morgan fingerprint density at radius 1 is 0.760 bits per heavy atom. The number of likely N-dealkylation sites (tertiary alicyclic amines) is 1. The standard InChI is InChI=1S/C22H25NO2/c1-22(2,23-15-7-4-8-16-23)21(25)19-13-11-18(12-14-19)20(24)17-9-5-3-6-10-17/h3,5-6,9-14H,4,7-8,15-16H2,1-2H3. The van der Waals surface area contributed by atoms with Crippen LogP contribution in [0.3, 0.4) is 0 Å². The molecule has 1 aliphatic heterocycles. The van der Waals surface area contributed by atoms with Crippen molar-refractivity contribution in [2.24, 2.45) is 0 Å². The van der Waals surface area contributed by atoms with Crippen molar-refractivity contribution in [3.8, 4) is 0 Å². The fourth-order valence-corrected chi connectivity index (χ4v) is 3.48. The van der Waals surface area contributed by atoms with Gasteiger partial charge in [-0.2, -0.15) is 0 Å². The Kier molecular flexibility index (Phi) is 5.14. The molecule has 0 spiro atoms. The lowest BCUT2D eigenvalue weighted by atomic mass is 9.89. The number of carbonyl (C=O) groups excluding carboxylic acids is 2. The number of Topliss-reactive ketones (excluding diaryl/α,β-unsaturated/α-hetero) is 1. The minimum absolute atomic E-state index is 0.0186. The molecule has 3 nitrogen and oxygen atoms in total. The van der Waals surface area contributed by atoms with Crippen LogP contribution in [0.15, 0.2) is 54.6 Å². The highest BCUT2D eigenvalue weighted by Crippen LogP contribution is 2.25. The fraction of sp³-hybridized carbons (Fsp3) is 0.364. The summed E-state index contributed by atoms with van der Waals surface area (Å²) >= 11 is 0. The summed E-state index contributed by atoms with van der Waals surface area (Å²) in [6.45, 7) is 5.96. The van der Waals surface area contributed by atoms with E-state index in [-0.39, 0.29) is 11.6 Å². The summed E-state index contributed by atoms with van der Waals surface area (Å²) in [4.78, 5) is 27.7. The molecule has 3 rings (SSSR count). The molecule has 2 aromatic rings. The molecule has 0 saturated carbocycles. The van der Waals surface area contributed by atoms with Gasteiger partial charge in [0.2, 0.25) is 0 Å². The SMILES string of the molecule is CC(C)(C(=O)c1ccc(C(=O)c2ccccc2)cc1)N1CCCCC1. The molecule has 0 N–H and O–H groups in total. The van der Waals surface area contributed by atoms with Crippen LogP contribution < -0.4 is 0 Å². The highest BCUT2D eigenvalue weighted by atomic mass is 16.1. The Balaban J connectivity index is 1.77. The maximum atomic E-state index is 13.0. The van der Waals surface area contributed by atoms with Crippen LogP contribution in [0.1, 0.15) is 59.4 Å². The molecule has 1 aliphatic rings. The first kappa shape index (κ1) is 17.6. The van der Waals surface area contributed by atoms with E-state index in [4.69, 9.17) is 0 Å². The van der Waals surface area contributed by atoms with E-state index in [2.05, 4.69) is 4.90 Å². The van der Waals surface area contributed by atoms with E-state index in [9.17, 15) is 9.59 Å². The Morgan fingerprint density at radius 3 is 1.88 bits per heavy atom. The van der Waals surface area contributed by atoms with E-state index < -0.39 is 5.54 Å². The summed E-state index contributed by atoms with van der Waals surface area (Å²) in [5.74, 6) is 0.1000. The van der Waals surface area contributed by atoms with E-state index in [0.29, 0.717) is 16.7 Å². The summed E-state index contributed by atoms with van der Waals surface area (Å²) in [7, 11) is 0. The summed E-state index contributed by atoms with van der Waals surface area (Å²) in [6, 6.07) is 16.3. The number of hydrogen-bond acceptors (Lipinski definition) is 3. The topological polar surface area (TPSA) is 37.4 Å². The van der Waals surface area contributed by atoms with Crippen LogP contribution >= 0.6 is 0 Å². The van der Waals surface area contributed by atoms with Gasteiger partial charge in [0, 0.05) is 16.7 Å². The van der Waals surface area contributed by atoms with Gasteiger partial charge >= 0.3 is 0 Å². The van der Waals surface area contributed by atoms with Gasteiger partial charge in [0.25, 0.3) is 0 Å². The van der Waals surface area contributed by atoms with Crippen molar-refractivity contribution < 1.29 is 9.59 Å². The van der Waals surface area contributed by atoms with Crippen LogP contribution in [0, 0.1) is 0 Å². The Labute approximate surface area is 149 Å². The summed E-state index contributed by atoms with van der Waals surface area (Å²) < 4.78 is 0. The molecule has 25 heavy (non-hydrogen) atoms. The van der Waals surface area contributed by atoms with E-state index in [0.717, 1.165) is 25.9 Å². The molecule has 0 amide bonds. The molecule has 0 aromatic heterocycles. The molecule has 0 unspecified atom stereocenters. The number of benzene rings is 2. The van der Waals surface area contributed by atoms with Crippen molar-refractivity contribution in [1.82, 2.24) is 4.90 Å². The first-order valence-electron chi connectivity index (χ1n) is 9.00. The van der Waals surface area contributed by atoms with Gasteiger partial charge in [0.05, 0.1) is 5.54 Å². The molecule has 0 radical (unpaired) electrons. The normalized spacial score (nSPS) is 15.8. The Bertz CT molecular complexity index is 741. The van der Waals surface area contributed by atoms with Crippen molar-refractivity contribution in [2.45, 2.75) is 38.6 Å². The molecule has 130 valence electrons. The Hall–Kier alpha value is -2.26. The monoisotopic (exact) mass is 335 g/mol. The van der Waals surface area contributed by atoms with Crippen molar-refractivity contribution in [1.29, 1.82) is 0 Å². The second kappa shape index (κ2) is 7.32. The van der Waals surface area contributed by atoms with Crippen LogP contribution in [-0.2, 0) is 0 Å². The van der Waals surface area contributed by atoms with Crippen molar-refractivity contribution in [3.05, 3.63) is 71.3 Å². The number of hydrogen-bond donors (Lipinski definition) is 0. The van der Waals surface area contributed by atoms with Crippen molar-refractivity contribution >= 4 is 11.6 Å². The third-order valence-electron chi connectivity index (χ3n) is 5.15. The highest BCUT2D eigenvalue weighted by Gasteiger charge is 2.35. The molecule has 0 bridgehead atoms. The molecule has 1 fully saturated rings. The van der Waals surface area contributed by atoms with Gasteiger partial charge < -0.3 is 0 Å². The average molecular weight is 335 g/mol. The van der Waals surface area contributed by atoms with Crippen LogP contribution in [-0.4, -0.2) is 35.1 Å². The smallest absolute Gasteiger partial charge is 0.193 e. The lowest BCUT2D eigenvalue weighted by Crippen LogP contribution is -2.52. The molecule has 1 saturated heterocycles. The molecule has 1 heterocycles. The first-order chi connectivity index (χ1) is 12.0. The van der Waals surface area contributed by atoms with Gasteiger partial charge in [-0.25, -0.2) is 0 Å². The fourth-order valence-electron chi connectivity index (χ4n) is 3.48.